The zero-order valence-corrected chi connectivity index (χ0v) is 13.6. The number of aryl methyl sites for hydroxylation is 1. The second-order valence-corrected chi connectivity index (χ2v) is 5.67. The summed E-state index contributed by atoms with van der Waals surface area (Å²) in [5.41, 5.74) is 8.15. The molecule has 0 aliphatic rings. The van der Waals surface area contributed by atoms with Gasteiger partial charge in [0.15, 0.2) is 6.61 Å². The van der Waals surface area contributed by atoms with E-state index in [9.17, 15) is 9.59 Å². The van der Waals surface area contributed by atoms with Crippen LogP contribution in [0.3, 0.4) is 0 Å². The maximum absolute atomic E-state index is 12.6. The molecule has 5 heteroatoms. The molecule has 1 amide bonds. The first-order valence-electron chi connectivity index (χ1n) is 7.61. The molecule has 0 atom stereocenters. The molecule has 1 heterocycles. The van der Waals surface area contributed by atoms with E-state index in [2.05, 4.69) is 0 Å². The van der Waals surface area contributed by atoms with Gasteiger partial charge in [0.2, 0.25) is 0 Å². The normalized spacial score (nSPS) is 10.8. The van der Waals surface area contributed by atoms with Crippen LogP contribution < -0.4 is 10.5 Å². The number of primary amides is 1. The maximum Gasteiger partial charge on any atom is 0.269 e. The molecule has 0 bridgehead atoms. The molecule has 0 unspecified atom stereocenters. The van der Waals surface area contributed by atoms with E-state index < -0.39 is 5.91 Å². The molecule has 122 valence electrons. The van der Waals surface area contributed by atoms with Gasteiger partial charge in [-0.15, -0.1) is 0 Å². The van der Waals surface area contributed by atoms with Crippen molar-refractivity contribution in [3.63, 3.8) is 0 Å². The van der Waals surface area contributed by atoms with Gasteiger partial charge in [0.25, 0.3) is 11.8 Å². The summed E-state index contributed by atoms with van der Waals surface area (Å²) in [5, 5.41) is 0.672. The first kappa shape index (κ1) is 15.8. The quantitative estimate of drug-likeness (QED) is 0.802. The average molecular weight is 322 g/mol. The zero-order valence-electron chi connectivity index (χ0n) is 13.6. The van der Waals surface area contributed by atoms with E-state index in [0.717, 1.165) is 5.56 Å². The number of para-hydroxylation sites is 1. The first-order chi connectivity index (χ1) is 11.5. The summed E-state index contributed by atoms with van der Waals surface area (Å²) in [6.07, 6.45) is 0. The van der Waals surface area contributed by atoms with Gasteiger partial charge in [0, 0.05) is 11.1 Å². The van der Waals surface area contributed by atoms with E-state index in [1.807, 2.05) is 43.3 Å². The van der Waals surface area contributed by atoms with Gasteiger partial charge in [-0.2, -0.15) is 0 Å². The number of nitrogens with two attached hydrogens (primary N) is 1. The molecule has 2 N–H and O–H groups in total. The summed E-state index contributed by atoms with van der Waals surface area (Å²) < 4.78 is 7.05. The predicted octanol–water partition coefficient (Wildman–Crippen LogP) is 3.08. The van der Waals surface area contributed by atoms with Crippen LogP contribution in [0.15, 0.2) is 48.5 Å². The summed E-state index contributed by atoms with van der Waals surface area (Å²) in [5.74, 6) is -0.176. The number of rotatable bonds is 4. The molecule has 0 aliphatic carbocycles. The molecule has 0 saturated carbocycles. The molecule has 0 aliphatic heterocycles. The van der Waals surface area contributed by atoms with Crippen LogP contribution >= 0.6 is 0 Å². The van der Waals surface area contributed by atoms with Crippen molar-refractivity contribution in [2.75, 3.05) is 6.61 Å². The Kier molecular flexibility index (Phi) is 4.08. The molecule has 0 radical (unpaired) electrons. The lowest BCUT2D eigenvalue weighted by atomic mass is 10.1. The Bertz CT molecular complexity index is 924. The van der Waals surface area contributed by atoms with Crippen LogP contribution in [0.4, 0.5) is 0 Å². The number of carbonyl (C=O) groups is 2. The third-order valence-electron chi connectivity index (χ3n) is 3.99. The molecule has 1 aromatic heterocycles. The van der Waals surface area contributed by atoms with Crippen molar-refractivity contribution in [2.24, 2.45) is 5.73 Å². The maximum atomic E-state index is 12.6. The van der Waals surface area contributed by atoms with E-state index in [1.54, 1.807) is 19.1 Å². The fourth-order valence-electron chi connectivity index (χ4n) is 2.84. The molecular formula is C19H18N2O3. The molecular weight excluding hydrogens is 304 g/mol. The Morgan fingerprint density at radius 3 is 2.38 bits per heavy atom. The SMILES string of the molecule is Cc1ccc(OCC(=O)n2c(C)c(C(N)=O)c3ccccc32)cc1. The second kappa shape index (κ2) is 6.20. The fourth-order valence-corrected chi connectivity index (χ4v) is 2.84. The number of hydrogen-bond acceptors (Lipinski definition) is 3. The second-order valence-electron chi connectivity index (χ2n) is 5.67. The van der Waals surface area contributed by atoms with E-state index in [-0.39, 0.29) is 12.5 Å². The Hall–Kier alpha value is -3.08. The topological polar surface area (TPSA) is 74.3 Å². The highest BCUT2D eigenvalue weighted by atomic mass is 16.5. The molecule has 3 aromatic rings. The van der Waals surface area contributed by atoms with Gasteiger partial charge in [-0.3, -0.25) is 14.2 Å². The lowest BCUT2D eigenvalue weighted by Crippen LogP contribution is -2.21. The summed E-state index contributed by atoms with van der Waals surface area (Å²) in [4.78, 5) is 24.4. The summed E-state index contributed by atoms with van der Waals surface area (Å²) in [6.45, 7) is 3.57. The lowest BCUT2D eigenvalue weighted by molar-refractivity contribution is 0.0841. The Balaban J connectivity index is 1.94. The van der Waals surface area contributed by atoms with Crippen molar-refractivity contribution in [3.05, 3.63) is 65.4 Å². The lowest BCUT2D eigenvalue weighted by Gasteiger charge is -2.09. The van der Waals surface area contributed by atoms with E-state index in [4.69, 9.17) is 10.5 Å². The van der Waals surface area contributed by atoms with Gasteiger partial charge in [0.05, 0.1) is 11.1 Å². The molecule has 24 heavy (non-hydrogen) atoms. The minimum absolute atomic E-state index is 0.124. The molecule has 0 saturated heterocycles. The minimum Gasteiger partial charge on any atom is -0.484 e. The highest BCUT2D eigenvalue weighted by molar-refractivity contribution is 6.10. The van der Waals surface area contributed by atoms with Gasteiger partial charge in [0.1, 0.15) is 5.75 Å². The number of nitrogens with zero attached hydrogens (tertiary/aromatic N) is 1. The summed E-state index contributed by atoms with van der Waals surface area (Å²) >= 11 is 0. The number of ether oxygens (including phenoxy) is 1. The third kappa shape index (κ3) is 2.76. The van der Waals surface area contributed by atoms with Gasteiger partial charge >= 0.3 is 0 Å². The number of fused-ring (bicyclic) bond motifs is 1. The molecule has 3 rings (SSSR count). The monoisotopic (exact) mass is 322 g/mol. The molecule has 2 aromatic carbocycles. The molecule has 0 spiro atoms. The van der Waals surface area contributed by atoms with E-state index >= 15 is 0 Å². The largest absolute Gasteiger partial charge is 0.484 e. The summed E-state index contributed by atoms with van der Waals surface area (Å²) in [7, 11) is 0. The van der Waals surface area contributed by atoms with Gasteiger partial charge < -0.3 is 10.5 Å². The van der Waals surface area contributed by atoms with Crippen molar-refractivity contribution in [1.29, 1.82) is 0 Å². The van der Waals surface area contributed by atoms with Crippen LogP contribution in [0.1, 0.15) is 26.4 Å². The van der Waals surface area contributed by atoms with Crippen LogP contribution in [0.2, 0.25) is 0 Å². The first-order valence-corrected chi connectivity index (χ1v) is 7.61. The number of aromatic nitrogens is 1. The van der Waals surface area contributed by atoms with Crippen LogP contribution in [0.25, 0.3) is 10.9 Å². The number of carbonyl (C=O) groups excluding carboxylic acids is 2. The highest BCUT2D eigenvalue weighted by Gasteiger charge is 2.21. The number of hydrogen-bond donors (Lipinski definition) is 1. The fraction of sp³-hybridized carbons (Fsp3) is 0.158. The standard InChI is InChI=1S/C19H18N2O3/c1-12-7-9-14(10-8-12)24-11-17(22)21-13(2)18(19(20)23)15-5-3-4-6-16(15)21/h3-10H,11H2,1-2H3,(H2,20,23). The van der Waals surface area contributed by atoms with Crippen molar-refractivity contribution < 1.29 is 14.3 Å². The van der Waals surface area contributed by atoms with Crippen molar-refractivity contribution in [3.8, 4) is 5.75 Å². The van der Waals surface area contributed by atoms with Crippen LogP contribution in [0, 0.1) is 13.8 Å². The van der Waals surface area contributed by atoms with Gasteiger partial charge in [-0.1, -0.05) is 35.9 Å². The van der Waals surface area contributed by atoms with Crippen LogP contribution in [0.5, 0.6) is 5.75 Å². The van der Waals surface area contributed by atoms with Gasteiger partial charge in [-0.05, 0) is 32.0 Å². The van der Waals surface area contributed by atoms with Crippen LogP contribution in [-0.4, -0.2) is 23.0 Å². The van der Waals surface area contributed by atoms with Crippen molar-refractivity contribution in [2.45, 2.75) is 13.8 Å². The average Bonchev–Trinajstić information content (AvgIpc) is 2.86. The minimum atomic E-state index is -0.547. The van der Waals surface area contributed by atoms with E-state index in [1.165, 1.54) is 4.57 Å². The van der Waals surface area contributed by atoms with E-state index in [0.29, 0.717) is 27.9 Å². The Morgan fingerprint density at radius 1 is 1.04 bits per heavy atom. The Morgan fingerprint density at radius 2 is 1.71 bits per heavy atom. The Labute approximate surface area is 139 Å². The van der Waals surface area contributed by atoms with Crippen molar-refractivity contribution >= 4 is 22.7 Å². The highest BCUT2D eigenvalue weighted by Crippen LogP contribution is 2.25. The van der Waals surface area contributed by atoms with Crippen molar-refractivity contribution in [1.82, 2.24) is 4.57 Å². The van der Waals surface area contributed by atoms with Crippen LogP contribution in [-0.2, 0) is 0 Å². The third-order valence-corrected chi connectivity index (χ3v) is 3.99. The summed E-state index contributed by atoms with van der Waals surface area (Å²) in [6, 6.07) is 14.7. The number of benzene rings is 2. The zero-order chi connectivity index (χ0) is 17.3. The predicted molar refractivity (Wildman–Crippen MR) is 92.5 cm³/mol. The number of amides is 1. The smallest absolute Gasteiger partial charge is 0.269 e. The molecule has 0 fully saturated rings. The molecule has 5 nitrogen and oxygen atoms in total. The van der Waals surface area contributed by atoms with Gasteiger partial charge in [-0.25, -0.2) is 0 Å².